The van der Waals surface area contributed by atoms with Crippen molar-refractivity contribution in [1.29, 1.82) is 0 Å². The van der Waals surface area contributed by atoms with Gasteiger partial charge in [0.1, 0.15) is 0 Å². The molecule has 2 aliphatic carbocycles. The van der Waals surface area contributed by atoms with Crippen LogP contribution in [0.5, 0.6) is 0 Å². The van der Waals surface area contributed by atoms with Crippen LogP contribution in [0.15, 0.2) is 0 Å². The number of hydrogen-bond donors (Lipinski definition) is 1. The first-order valence-corrected chi connectivity index (χ1v) is 8.44. The Morgan fingerprint density at radius 2 is 1.88 bits per heavy atom. The lowest BCUT2D eigenvalue weighted by molar-refractivity contribution is 0.0561. The van der Waals surface area contributed by atoms with E-state index < -0.39 is 0 Å². The molecular weight excluding hydrogens is 230 g/mol. The zero-order valence-electron chi connectivity index (χ0n) is 11.3. The third kappa shape index (κ3) is 3.87. The average molecular weight is 257 g/mol. The van der Waals surface area contributed by atoms with Gasteiger partial charge in [-0.3, -0.25) is 0 Å². The van der Waals surface area contributed by atoms with Gasteiger partial charge in [-0.05, 0) is 44.8 Å². The molecule has 1 N–H and O–H groups in total. The van der Waals surface area contributed by atoms with Crippen LogP contribution >= 0.6 is 11.8 Å². The summed E-state index contributed by atoms with van der Waals surface area (Å²) in [7, 11) is 1.86. The number of hydrogen-bond acceptors (Lipinski definition) is 3. The van der Waals surface area contributed by atoms with Gasteiger partial charge in [-0.25, -0.2) is 0 Å². The van der Waals surface area contributed by atoms with Gasteiger partial charge < -0.3 is 10.1 Å². The highest BCUT2D eigenvalue weighted by Crippen LogP contribution is 2.29. The zero-order valence-corrected chi connectivity index (χ0v) is 12.1. The normalized spacial score (nSPS) is 39.2. The van der Waals surface area contributed by atoms with E-state index in [0.717, 1.165) is 11.3 Å². The van der Waals surface area contributed by atoms with Crippen molar-refractivity contribution in [3.63, 3.8) is 0 Å². The number of thioether (sulfide) groups is 1. The third-order valence-corrected chi connectivity index (χ3v) is 5.58. The van der Waals surface area contributed by atoms with Crippen molar-refractivity contribution < 1.29 is 4.74 Å². The van der Waals surface area contributed by atoms with Crippen LogP contribution in [0.25, 0.3) is 0 Å². The summed E-state index contributed by atoms with van der Waals surface area (Å²) in [5.41, 5.74) is 0. The van der Waals surface area contributed by atoms with Crippen molar-refractivity contribution in [2.75, 3.05) is 13.4 Å². The fourth-order valence-corrected chi connectivity index (χ4v) is 4.33. The van der Waals surface area contributed by atoms with Crippen molar-refractivity contribution >= 4 is 11.8 Å². The van der Waals surface area contributed by atoms with Crippen LogP contribution in [0.4, 0.5) is 0 Å². The van der Waals surface area contributed by atoms with Gasteiger partial charge in [-0.15, -0.1) is 0 Å². The summed E-state index contributed by atoms with van der Waals surface area (Å²) < 4.78 is 5.52. The van der Waals surface area contributed by atoms with Crippen LogP contribution in [0, 0.1) is 0 Å². The minimum absolute atomic E-state index is 0.498. The van der Waals surface area contributed by atoms with Crippen LogP contribution < -0.4 is 5.32 Å². The van der Waals surface area contributed by atoms with E-state index in [0.29, 0.717) is 12.1 Å². The number of nitrogens with one attached hydrogen (secondary N) is 1. The Labute approximate surface area is 110 Å². The number of methoxy groups -OCH3 is 1. The molecule has 0 aromatic rings. The van der Waals surface area contributed by atoms with Gasteiger partial charge in [-0.1, -0.05) is 12.8 Å². The van der Waals surface area contributed by atoms with Crippen molar-refractivity contribution in [1.82, 2.24) is 5.32 Å². The second-order valence-electron chi connectivity index (χ2n) is 5.55. The fourth-order valence-electron chi connectivity index (χ4n) is 3.38. The molecule has 4 atom stereocenters. The highest BCUT2D eigenvalue weighted by Gasteiger charge is 2.29. The van der Waals surface area contributed by atoms with Gasteiger partial charge in [0.15, 0.2) is 0 Å². The molecule has 0 spiro atoms. The van der Waals surface area contributed by atoms with Gasteiger partial charge in [-0.2, -0.15) is 11.8 Å². The first-order chi connectivity index (χ1) is 8.33. The molecule has 3 heteroatoms. The predicted molar refractivity (Wildman–Crippen MR) is 75.7 cm³/mol. The van der Waals surface area contributed by atoms with Gasteiger partial charge in [0.25, 0.3) is 0 Å². The predicted octanol–water partition coefficient (Wildman–Crippen LogP) is 3.21. The lowest BCUT2D eigenvalue weighted by Crippen LogP contribution is -2.48. The second kappa shape index (κ2) is 7.01. The molecule has 0 radical (unpaired) electrons. The molecule has 0 aromatic heterocycles. The van der Waals surface area contributed by atoms with Gasteiger partial charge >= 0.3 is 0 Å². The summed E-state index contributed by atoms with van der Waals surface area (Å²) in [6.07, 6.45) is 13.5. The van der Waals surface area contributed by atoms with Gasteiger partial charge in [0.05, 0.1) is 6.10 Å². The summed E-state index contributed by atoms with van der Waals surface area (Å²) >= 11 is 2.06. The van der Waals surface area contributed by atoms with Crippen molar-refractivity contribution in [3.8, 4) is 0 Å². The molecule has 2 rings (SSSR count). The van der Waals surface area contributed by atoms with E-state index in [9.17, 15) is 0 Å². The van der Waals surface area contributed by atoms with E-state index in [4.69, 9.17) is 4.74 Å². The molecule has 0 aliphatic heterocycles. The molecule has 0 saturated heterocycles. The molecule has 17 heavy (non-hydrogen) atoms. The SMILES string of the molecule is COC1CCCC(NC2CCCCC2SC)C1. The molecule has 2 nitrogen and oxygen atoms in total. The quantitative estimate of drug-likeness (QED) is 0.835. The first kappa shape index (κ1) is 13.7. The topological polar surface area (TPSA) is 21.3 Å². The van der Waals surface area contributed by atoms with Crippen LogP contribution in [0.1, 0.15) is 51.4 Å². The van der Waals surface area contributed by atoms with Crippen LogP contribution in [0.3, 0.4) is 0 Å². The van der Waals surface area contributed by atoms with E-state index in [1.807, 2.05) is 7.11 Å². The van der Waals surface area contributed by atoms with E-state index in [2.05, 4.69) is 23.3 Å². The molecule has 4 unspecified atom stereocenters. The smallest absolute Gasteiger partial charge is 0.0586 e. The lowest BCUT2D eigenvalue weighted by Gasteiger charge is -2.37. The Morgan fingerprint density at radius 1 is 1.06 bits per heavy atom. The molecule has 0 bridgehead atoms. The highest BCUT2D eigenvalue weighted by molar-refractivity contribution is 7.99. The molecule has 2 saturated carbocycles. The molecule has 2 fully saturated rings. The maximum atomic E-state index is 5.52. The summed E-state index contributed by atoms with van der Waals surface area (Å²) in [5.74, 6) is 0. The first-order valence-electron chi connectivity index (χ1n) is 7.15. The maximum Gasteiger partial charge on any atom is 0.0586 e. The standard InChI is InChI=1S/C14H27NOS/c1-16-12-7-5-6-11(10-12)15-13-8-3-4-9-14(13)17-2/h11-15H,3-10H2,1-2H3. The highest BCUT2D eigenvalue weighted by atomic mass is 32.2. The number of ether oxygens (including phenoxy) is 1. The van der Waals surface area contributed by atoms with E-state index in [-0.39, 0.29) is 0 Å². The molecule has 100 valence electrons. The van der Waals surface area contributed by atoms with Crippen LogP contribution in [-0.2, 0) is 4.74 Å². The molecular formula is C14H27NOS. The minimum Gasteiger partial charge on any atom is -0.381 e. The Balaban J connectivity index is 1.81. The number of rotatable bonds is 4. The van der Waals surface area contributed by atoms with Crippen LogP contribution in [-0.4, -0.2) is 36.8 Å². The second-order valence-corrected chi connectivity index (χ2v) is 6.63. The van der Waals surface area contributed by atoms with E-state index in [1.54, 1.807) is 0 Å². The molecule has 0 aromatic carbocycles. The fraction of sp³-hybridized carbons (Fsp3) is 1.00. The molecule has 2 aliphatic rings. The summed E-state index contributed by atoms with van der Waals surface area (Å²) in [6.45, 7) is 0. The average Bonchev–Trinajstić information content (AvgIpc) is 2.39. The van der Waals surface area contributed by atoms with Gasteiger partial charge in [0.2, 0.25) is 0 Å². The largest absolute Gasteiger partial charge is 0.381 e. The monoisotopic (exact) mass is 257 g/mol. The zero-order chi connectivity index (χ0) is 12.1. The van der Waals surface area contributed by atoms with Crippen molar-refractivity contribution in [2.24, 2.45) is 0 Å². The summed E-state index contributed by atoms with van der Waals surface area (Å²) in [6, 6.07) is 1.45. The Morgan fingerprint density at radius 3 is 2.65 bits per heavy atom. The van der Waals surface area contributed by atoms with Crippen molar-refractivity contribution in [3.05, 3.63) is 0 Å². The van der Waals surface area contributed by atoms with E-state index in [1.165, 1.54) is 51.4 Å². The Kier molecular flexibility index (Phi) is 5.64. The molecule has 0 heterocycles. The molecule has 0 amide bonds. The lowest BCUT2D eigenvalue weighted by atomic mass is 9.89. The van der Waals surface area contributed by atoms with Gasteiger partial charge in [0, 0.05) is 24.4 Å². The maximum absolute atomic E-state index is 5.52. The van der Waals surface area contributed by atoms with Crippen LogP contribution in [0.2, 0.25) is 0 Å². The minimum atomic E-state index is 0.498. The van der Waals surface area contributed by atoms with Crippen molar-refractivity contribution in [2.45, 2.75) is 74.8 Å². The Hall–Kier alpha value is 0.270. The summed E-state index contributed by atoms with van der Waals surface area (Å²) in [4.78, 5) is 0. The van der Waals surface area contributed by atoms with E-state index >= 15 is 0 Å². The Bertz CT molecular complexity index is 224. The third-order valence-electron chi connectivity index (χ3n) is 4.41. The summed E-state index contributed by atoms with van der Waals surface area (Å²) in [5, 5.41) is 4.76.